The Morgan fingerprint density at radius 2 is 2.07 bits per heavy atom. The molecule has 0 spiro atoms. The van der Waals surface area contributed by atoms with E-state index in [1.807, 2.05) is 7.05 Å². The van der Waals surface area contributed by atoms with Gasteiger partial charge in [-0.1, -0.05) is 11.6 Å². The standard InChI is InChI=1S/C19H15ClN4O4/c1-24-9-23-16-14(7-21-8-15(16)24)18(25)22-6-12-4-10-3-11(20)5-13(17(10)28-12)19(26)27-2/h3-5,7-9H,6H2,1-2H3,(H,22,25). The van der Waals surface area contributed by atoms with E-state index in [1.165, 1.54) is 19.4 Å². The third kappa shape index (κ3) is 3.07. The van der Waals surface area contributed by atoms with E-state index in [9.17, 15) is 9.59 Å². The summed E-state index contributed by atoms with van der Waals surface area (Å²) in [6, 6.07) is 4.87. The number of methoxy groups -OCH3 is 1. The first-order valence-electron chi connectivity index (χ1n) is 8.31. The first kappa shape index (κ1) is 18.0. The number of pyridine rings is 1. The molecule has 3 heterocycles. The summed E-state index contributed by atoms with van der Waals surface area (Å²) in [5.41, 5.74) is 2.28. The van der Waals surface area contributed by atoms with E-state index < -0.39 is 5.97 Å². The number of amides is 1. The maximum absolute atomic E-state index is 12.6. The van der Waals surface area contributed by atoms with Crippen LogP contribution in [0.2, 0.25) is 5.02 Å². The number of furan rings is 1. The average Bonchev–Trinajstić information content (AvgIpc) is 3.28. The molecule has 0 aliphatic carbocycles. The lowest BCUT2D eigenvalue weighted by Crippen LogP contribution is -2.23. The van der Waals surface area contributed by atoms with Gasteiger partial charge in [-0.15, -0.1) is 0 Å². The first-order chi connectivity index (χ1) is 13.5. The number of fused-ring (bicyclic) bond motifs is 2. The number of aromatic nitrogens is 3. The first-order valence-corrected chi connectivity index (χ1v) is 8.69. The minimum absolute atomic E-state index is 0.120. The lowest BCUT2D eigenvalue weighted by atomic mass is 10.1. The van der Waals surface area contributed by atoms with Gasteiger partial charge in [0.25, 0.3) is 5.91 Å². The van der Waals surface area contributed by atoms with Crippen molar-refractivity contribution in [2.24, 2.45) is 7.05 Å². The van der Waals surface area contributed by atoms with Crippen molar-refractivity contribution >= 4 is 45.5 Å². The van der Waals surface area contributed by atoms with Crippen LogP contribution in [-0.2, 0) is 18.3 Å². The summed E-state index contributed by atoms with van der Waals surface area (Å²) >= 11 is 6.06. The summed E-state index contributed by atoms with van der Waals surface area (Å²) in [4.78, 5) is 32.9. The topological polar surface area (TPSA) is 99.2 Å². The van der Waals surface area contributed by atoms with Crippen molar-refractivity contribution in [1.82, 2.24) is 19.9 Å². The van der Waals surface area contributed by atoms with E-state index in [0.29, 0.717) is 32.8 Å². The van der Waals surface area contributed by atoms with Crippen LogP contribution in [-0.4, -0.2) is 33.5 Å². The fraction of sp³-hybridized carbons (Fsp3) is 0.158. The van der Waals surface area contributed by atoms with Crippen molar-refractivity contribution in [2.45, 2.75) is 6.54 Å². The smallest absolute Gasteiger partial charge is 0.341 e. The maximum atomic E-state index is 12.6. The maximum Gasteiger partial charge on any atom is 0.341 e. The summed E-state index contributed by atoms with van der Waals surface area (Å²) in [6.45, 7) is 0.120. The van der Waals surface area contributed by atoms with Gasteiger partial charge in [-0.05, 0) is 18.2 Å². The SMILES string of the molecule is COC(=O)c1cc(Cl)cc2cc(CNC(=O)c3cncc4c3ncn4C)oc12. The third-order valence-corrected chi connectivity index (χ3v) is 4.56. The van der Waals surface area contributed by atoms with Gasteiger partial charge in [0.1, 0.15) is 22.4 Å². The third-order valence-electron chi connectivity index (χ3n) is 4.34. The zero-order valence-electron chi connectivity index (χ0n) is 15.0. The molecule has 0 unspecified atom stereocenters. The molecule has 142 valence electrons. The Hall–Kier alpha value is -3.39. The molecule has 8 nitrogen and oxygen atoms in total. The number of carbonyl (C=O) groups is 2. The molecule has 0 bridgehead atoms. The largest absolute Gasteiger partial charge is 0.465 e. The highest BCUT2D eigenvalue weighted by Gasteiger charge is 2.18. The average molecular weight is 399 g/mol. The molecule has 9 heteroatoms. The van der Waals surface area contributed by atoms with Crippen LogP contribution >= 0.6 is 11.6 Å². The van der Waals surface area contributed by atoms with Crippen LogP contribution in [0, 0.1) is 0 Å². The van der Waals surface area contributed by atoms with Gasteiger partial charge >= 0.3 is 5.97 Å². The molecule has 0 atom stereocenters. The Bertz CT molecular complexity index is 1230. The zero-order valence-corrected chi connectivity index (χ0v) is 15.8. The van der Waals surface area contributed by atoms with Crippen molar-refractivity contribution in [2.75, 3.05) is 7.11 Å². The number of hydrogen-bond acceptors (Lipinski definition) is 6. The van der Waals surface area contributed by atoms with Gasteiger partial charge < -0.3 is 19.0 Å². The number of nitrogens with one attached hydrogen (secondary N) is 1. The molecule has 1 N–H and O–H groups in total. The molecule has 0 aliphatic heterocycles. The summed E-state index contributed by atoms with van der Waals surface area (Å²) in [5, 5.41) is 3.81. The molecule has 0 aliphatic rings. The molecule has 0 saturated heterocycles. The second-order valence-electron chi connectivity index (χ2n) is 6.17. The number of rotatable bonds is 4. The van der Waals surface area contributed by atoms with Crippen LogP contribution in [0.5, 0.6) is 0 Å². The van der Waals surface area contributed by atoms with Gasteiger partial charge in [0.2, 0.25) is 0 Å². The number of esters is 1. The minimum Gasteiger partial charge on any atom is -0.465 e. The Morgan fingerprint density at radius 3 is 2.86 bits per heavy atom. The number of aryl methyl sites for hydroxylation is 1. The number of imidazole rings is 1. The second kappa shape index (κ2) is 6.97. The molecule has 0 fully saturated rings. The quantitative estimate of drug-likeness (QED) is 0.530. The molecule has 28 heavy (non-hydrogen) atoms. The van der Waals surface area contributed by atoms with Crippen LogP contribution in [0.1, 0.15) is 26.5 Å². The lowest BCUT2D eigenvalue weighted by molar-refractivity contribution is 0.0601. The highest BCUT2D eigenvalue weighted by Crippen LogP contribution is 2.28. The predicted octanol–water partition coefficient (Wildman–Crippen LogP) is 3.08. The van der Waals surface area contributed by atoms with Gasteiger partial charge in [-0.3, -0.25) is 9.78 Å². The molecule has 3 aromatic heterocycles. The molecule has 0 radical (unpaired) electrons. The molecule has 1 amide bonds. The molecule has 0 saturated carbocycles. The summed E-state index contributed by atoms with van der Waals surface area (Å²) in [5.74, 6) is -0.411. The Labute approximate surface area is 164 Å². The van der Waals surface area contributed by atoms with Gasteiger partial charge in [0.05, 0.1) is 37.3 Å². The lowest BCUT2D eigenvalue weighted by Gasteiger charge is -2.04. The van der Waals surface area contributed by atoms with Crippen molar-refractivity contribution in [3.8, 4) is 0 Å². The highest BCUT2D eigenvalue weighted by molar-refractivity contribution is 6.32. The van der Waals surface area contributed by atoms with Crippen LogP contribution in [0.25, 0.3) is 22.0 Å². The second-order valence-corrected chi connectivity index (χ2v) is 6.61. The number of halogens is 1. The van der Waals surface area contributed by atoms with E-state index in [0.717, 1.165) is 5.52 Å². The van der Waals surface area contributed by atoms with E-state index in [2.05, 4.69) is 15.3 Å². The van der Waals surface area contributed by atoms with Crippen molar-refractivity contribution in [3.05, 3.63) is 58.8 Å². The Balaban J connectivity index is 1.60. The van der Waals surface area contributed by atoms with E-state index in [1.54, 1.807) is 29.2 Å². The minimum atomic E-state index is -0.551. The normalized spacial score (nSPS) is 11.1. The fourth-order valence-corrected chi connectivity index (χ4v) is 3.22. The molecule has 4 rings (SSSR count). The van der Waals surface area contributed by atoms with Crippen molar-refractivity contribution < 1.29 is 18.7 Å². The van der Waals surface area contributed by atoms with Crippen LogP contribution in [0.15, 0.2) is 41.3 Å². The van der Waals surface area contributed by atoms with E-state index in [4.69, 9.17) is 20.8 Å². The number of carbonyl (C=O) groups excluding carboxylic acids is 2. The van der Waals surface area contributed by atoms with Crippen LogP contribution < -0.4 is 5.32 Å². The number of benzene rings is 1. The van der Waals surface area contributed by atoms with Gasteiger partial charge in [0.15, 0.2) is 0 Å². The molecule has 1 aromatic carbocycles. The monoisotopic (exact) mass is 398 g/mol. The van der Waals surface area contributed by atoms with Crippen molar-refractivity contribution in [3.63, 3.8) is 0 Å². The number of nitrogens with zero attached hydrogens (tertiary/aromatic N) is 3. The molecular weight excluding hydrogens is 384 g/mol. The predicted molar refractivity (Wildman–Crippen MR) is 102 cm³/mol. The Morgan fingerprint density at radius 1 is 1.25 bits per heavy atom. The summed E-state index contributed by atoms with van der Waals surface area (Å²) in [7, 11) is 3.11. The van der Waals surface area contributed by atoms with Crippen LogP contribution in [0.4, 0.5) is 0 Å². The summed E-state index contributed by atoms with van der Waals surface area (Å²) < 4.78 is 12.3. The van der Waals surface area contributed by atoms with Gasteiger partial charge in [0, 0.05) is 23.7 Å². The number of hydrogen-bond donors (Lipinski definition) is 1. The van der Waals surface area contributed by atoms with E-state index >= 15 is 0 Å². The van der Waals surface area contributed by atoms with Gasteiger partial charge in [-0.2, -0.15) is 0 Å². The summed E-state index contributed by atoms with van der Waals surface area (Å²) in [6.07, 6.45) is 4.75. The van der Waals surface area contributed by atoms with E-state index in [-0.39, 0.29) is 18.0 Å². The number of ether oxygens (including phenoxy) is 1. The molecule has 4 aromatic rings. The molecular formula is C19H15ClN4O4. The zero-order chi connectivity index (χ0) is 19.8. The fourth-order valence-electron chi connectivity index (χ4n) is 2.99. The van der Waals surface area contributed by atoms with Gasteiger partial charge in [-0.25, -0.2) is 9.78 Å². The Kier molecular flexibility index (Phi) is 4.48. The van der Waals surface area contributed by atoms with Crippen LogP contribution in [0.3, 0.4) is 0 Å². The highest BCUT2D eigenvalue weighted by atomic mass is 35.5. The van der Waals surface area contributed by atoms with Crippen molar-refractivity contribution in [1.29, 1.82) is 0 Å².